The number of piperidine rings is 1. The van der Waals surface area contributed by atoms with Gasteiger partial charge in [0.2, 0.25) is 0 Å². The van der Waals surface area contributed by atoms with E-state index in [4.69, 9.17) is 23.2 Å². The van der Waals surface area contributed by atoms with Gasteiger partial charge in [-0.15, -0.1) is 0 Å². The van der Waals surface area contributed by atoms with Crippen molar-refractivity contribution in [3.63, 3.8) is 0 Å². The molecule has 2 heterocycles. The van der Waals surface area contributed by atoms with Crippen molar-refractivity contribution >= 4 is 29.4 Å². The molecule has 104 valence electrons. The first kappa shape index (κ1) is 15.3. The van der Waals surface area contributed by atoms with Gasteiger partial charge in [-0.05, 0) is 31.0 Å². The average Bonchev–Trinajstić information content (AvgIpc) is 2.75. The Morgan fingerprint density at radius 3 is 2.84 bits per heavy atom. The molecule has 19 heavy (non-hydrogen) atoms. The molecule has 1 fully saturated rings. The van der Waals surface area contributed by atoms with Gasteiger partial charge < -0.3 is 17.0 Å². The summed E-state index contributed by atoms with van der Waals surface area (Å²) in [4.78, 5) is 2.55. The third-order valence-corrected chi connectivity index (χ3v) is 4.39. The van der Waals surface area contributed by atoms with E-state index in [1.165, 1.54) is 25.8 Å². The number of halogens is 3. The van der Waals surface area contributed by atoms with Gasteiger partial charge in [-0.3, -0.25) is 0 Å². The number of fused-ring (bicyclic) bond motifs is 1. The molecule has 0 radical (unpaired) electrons. The topological polar surface area (TPSA) is 6.25 Å². The number of benzene rings is 1. The van der Waals surface area contributed by atoms with E-state index < -0.39 is 0 Å². The van der Waals surface area contributed by atoms with Crippen molar-refractivity contribution in [3.05, 3.63) is 33.8 Å². The van der Waals surface area contributed by atoms with Crippen LogP contribution in [0, 0.1) is 0 Å². The maximum atomic E-state index is 6.22. The zero-order chi connectivity index (χ0) is 12.5. The van der Waals surface area contributed by atoms with Crippen molar-refractivity contribution in [2.24, 2.45) is 0 Å². The summed E-state index contributed by atoms with van der Waals surface area (Å²) in [5.74, 6) is 0. The fraction of sp³-hybridized carbons (Fsp3) is 0.500. The lowest BCUT2D eigenvalue weighted by Gasteiger charge is -2.24. The summed E-state index contributed by atoms with van der Waals surface area (Å²) in [6.45, 7) is 3.14. The van der Waals surface area contributed by atoms with Gasteiger partial charge in [-0.2, -0.15) is 0 Å². The molecule has 1 saturated heterocycles. The molecule has 1 aromatic rings. The van der Waals surface area contributed by atoms with Crippen LogP contribution in [0.25, 0.3) is 0 Å². The highest BCUT2D eigenvalue weighted by molar-refractivity contribution is 6.35. The van der Waals surface area contributed by atoms with Gasteiger partial charge in [0, 0.05) is 17.1 Å². The molecule has 0 aromatic heterocycles. The molecule has 1 aromatic carbocycles. The minimum Gasteiger partial charge on any atom is -1.00 e. The second-order valence-electron chi connectivity index (χ2n) is 5.15. The molecule has 0 spiro atoms. The smallest absolute Gasteiger partial charge is 0.199 e. The zero-order valence-electron chi connectivity index (χ0n) is 10.7. The molecule has 1 unspecified atom stereocenters. The van der Waals surface area contributed by atoms with Crippen molar-refractivity contribution in [3.8, 4) is 0 Å². The Labute approximate surface area is 134 Å². The summed E-state index contributed by atoms with van der Waals surface area (Å²) in [5, 5.41) is 1.47. The molecule has 0 N–H and O–H groups in total. The molecule has 0 saturated carbocycles. The van der Waals surface area contributed by atoms with Crippen LogP contribution in [0.4, 0.5) is 0 Å². The van der Waals surface area contributed by atoms with Gasteiger partial charge in [0.05, 0.1) is 11.1 Å². The third kappa shape index (κ3) is 3.52. The van der Waals surface area contributed by atoms with E-state index in [0.29, 0.717) is 11.1 Å². The lowest BCUT2D eigenvalue weighted by atomic mass is 10.1. The molecule has 2 aliphatic heterocycles. The lowest BCUT2D eigenvalue weighted by molar-refractivity contribution is -0.547. The fourth-order valence-electron chi connectivity index (χ4n) is 2.86. The van der Waals surface area contributed by atoms with Crippen LogP contribution in [0.1, 0.15) is 24.8 Å². The highest BCUT2D eigenvalue weighted by Crippen LogP contribution is 2.24. The molecule has 0 aliphatic carbocycles. The van der Waals surface area contributed by atoms with E-state index in [0.717, 1.165) is 23.8 Å². The van der Waals surface area contributed by atoms with Crippen LogP contribution in [0.5, 0.6) is 0 Å². The molecule has 2 nitrogen and oxygen atoms in total. The van der Waals surface area contributed by atoms with Gasteiger partial charge in [0.25, 0.3) is 0 Å². The van der Waals surface area contributed by atoms with E-state index in [2.05, 4.69) is 15.7 Å². The Morgan fingerprint density at radius 1 is 1.26 bits per heavy atom. The van der Waals surface area contributed by atoms with Crippen LogP contribution in [0.15, 0.2) is 18.2 Å². The third-order valence-electron chi connectivity index (χ3n) is 3.80. The standard InChI is InChI=1S/C14H17Cl2N2.BrH/c15-12-5-4-11(14(16)7-12)8-17-9-13-3-1-2-6-18(13)10-17;/h4-5,7,9,13H,1-3,6,8,10H2;1H/q+1;/p-1. The molecular weight excluding hydrogens is 347 g/mol. The number of nitrogens with zero attached hydrogens (tertiary/aromatic N) is 2. The molecule has 0 amide bonds. The molecule has 2 aliphatic rings. The average molecular weight is 364 g/mol. The van der Waals surface area contributed by atoms with Crippen molar-refractivity contribution in [2.45, 2.75) is 31.8 Å². The predicted octanol–water partition coefficient (Wildman–Crippen LogP) is 0.406. The Hall–Kier alpha value is -0.0900. The Bertz CT molecular complexity index is 490. The lowest BCUT2D eigenvalue weighted by Crippen LogP contribution is -3.00. The maximum Gasteiger partial charge on any atom is 0.199 e. The van der Waals surface area contributed by atoms with Crippen molar-refractivity contribution < 1.29 is 21.6 Å². The Balaban J connectivity index is 0.00000133. The minimum absolute atomic E-state index is 0. The van der Waals surface area contributed by atoms with E-state index in [-0.39, 0.29) is 17.0 Å². The molecule has 5 heteroatoms. The zero-order valence-corrected chi connectivity index (χ0v) is 13.8. The summed E-state index contributed by atoms with van der Waals surface area (Å²) >= 11 is 12.1. The quantitative estimate of drug-likeness (QED) is 0.690. The fourth-order valence-corrected chi connectivity index (χ4v) is 3.32. The Kier molecular flexibility index (Phi) is 5.29. The summed E-state index contributed by atoms with van der Waals surface area (Å²) in [6.07, 6.45) is 6.35. The second kappa shape index (κ2) is 6.57. The largest absolute Gasteiger partial charge is 1.00 e. The van der Waals surface area contributed by atoms with Crippen LogP contribution in [-0.2, 0) is 6.54 Å². The maximum absolute atomic E-state index is 6.22. The van der Waals surface area contributed by atoms with Gasteiger partial charge in [-0.25, -0.2) is 9.48 Å². The van der Waals surface area contributed by atoms with Crippen LogP contribution in [0.3, 0.4) is 0 Å². The highest BCUT2D eigenvalue weighted by Gasteiger charge is 2.32. The predicted molar refractivity (Wildman–Crippen MR) is 75.7 cm³/mol. The van der Waals surface area contributed by atoms with E-state index in [1.807, 2.05) is 18.2 Å². The van der Waals surface area contributed by atoms with E-state index in [1.54, 1.807) is 0 Å². The molecular formula is C14H17BrCl2N2. The van der Waals surface area contributed by atoms with Gasteiger partial charge in [0.1, 0.15) is 0 Å². The highest BCUT2D eigenvalue weighted by atomic mass is 79.9. The van der Waals surface area contributed by atoms with Crippen LogP contribution < -0.4 is 17.0 Å². The Morgan fingerprint density at radius 2 is 2.11 bits per heavy atom. The summed E-state index contributed by atoms with van der Waals surface area (Å²) < 4.78 is 2.37. The summed E-state index contributed by atoms with van der Waals surface area (Å²) in [5.41, 5.74) is 1.15. The van der Waals surface area contributed by atoms with Gasteiger partial charge in [-0.1, -0.05) is 29.6 Å². The molecule has 1 atom stereocenters. The van der Waals surface area contributed by atoms with E-state index in [9.17, 15) is 0 Å². The van der Waals surface area contributed by atoms with Gasteiger partial charge >= 0.3 is 0 Å². The molecule has 0 bridgehead atoms. The SMILES string of the molecule is Clc1ccc(C[N+]2=CC3CCCCN3C2)c(Cl)c1.[Br-]. The van der Waals surface area contributed by atoms with Crippen molar-refractivity contribution in [2.75, 3.05) is 13.2 Å². The van der Waals surface area contributed by atoms with Crippen molar-refractivity contribution in [1.29, 1.82) is 0 Å². The van der Waals surface area contributed by atoms with E-state index >= 15 is 0 Å². The first-order chi connectivity index (χ1) is 8.72. The number of hydrogen-bond acceptors (Lipinski definition) is 1. The van der Waals surface area contributed by atoms with Crippen LogP contribution in [-0.4, -0.2) is 34.9 Å². The van der Waals surface area contributed by atoms with Gasteiger partial charge in [0.15, 0.2) is 19.4 Å². The number of rotatable bonds is 2. The first-order valence-corrected chi connectivity index (χ1v) is 7.25. The number of hydrogen-bond donors (Lipinski definition) is 0. The first-order valence-electron chi connectivity index (χ1n) is 6.49. The van der Waals surface area contributed by atoms with Crippen LogP contribution in [0.2, 0.25) is 10.0 Å². The van der Waals surface area contributed by atoms with Crippen LogP contribution >= 0.6 is 23.2 Å². The summed E-state index contributed by atoms with van der Waals surface area (Å²) in [7, 11) is 0. The molecule has 3 rings (SSSR count). The monoisotopic (exact) mass is 362 g/mol. The normalized spacial score (nSPS) is 22.6. The second-order valence-corrected chi connectivity index (χ2v) is 5.99. The summed E-state index contributed by atoms with van der Waals surface area (Å²) in [6, 6.07) is 6.40. The van der Waals surface area contributed by atoms with Crippen molar-refractivity contribution in [1.82, 2.24) is 4.90 Å². The minimum atomic E-state index is 0.